The topological polar surface area (TPSA) is 68.7 Å². The number of benzene rings is 2. The first-order valence-electron chi connectivity index (χ1n) is 6.72. The largest absolute Gasteiger partial charge is 0.505 e. The van der Waals surface area contributed by atoms with Crippen molar-refractivity contribution in [3.8, 4) is 17.2 Å². The second-order valence-corrected chi connectivity index (χ2v) is 4.72. The Bertz CT molecular complexity index is 878. The lowest BCUT2D eigenvalue weighted by Gasteiger charge is -2.11. The maximum atomic E-state index is 13.0. The first kappa shape index (κ1) is 14.8. The number of pyridine rings is 1. The van der Waals surface area contributed by atoms with Gasteiger partial charge in [-0.05, 0) is 30.3 Å². The van der Waals surface area contributed by atoms with Crippen LogP contribution in [0.25, 0.3) is 10.8 Å². The van der Waals surface area contributed by atoms with Crippen LogP contribution in [0.3, 0.4) is 0 Å². The van der Waals surface area contributed by atoms with E-state index >= 15 is 0 Å². The highest BCUT2D eigenvalue weighted by Gasteiger charge is 2.19. The molecule has 0 aliphatic heterocycles. The summed E-state index contributed by atoms with van der Waals surface area (Å²) in [5, 5.41) is 11.3. The number of carbonyl (C=O) groups excluding carboxylic acids is 1. The molecule has 0 radical (unpaired) electrons. The molecule has 23 heavy (non-hydrogen) atoms. The molecule has 116 valence electrons. The Hall–Kier alpha value is -3.15. The van der Waals surface area contributed by atoms with E-state index in [-0.39, 0.29) is 17.3 Å². The number of halogens is 1. The number of rotatable bonds is 3. The Morgan fingerprint density at radius 1 is 1.17 bits per heavy atom. The number of ether oxygens (including phenoxy) is 2. The van der Waals surface area contributed by atoms with E-state index in [4.69, 9.17) is 4.74 Å². The molecule has 0 bridgehead atoms. The van der Waals surface area contributed by atoms with Gasteiger partial charge in [-0.1, -0.05) is 12.1 Å². The van der Waals surface area contributed by atoms with Crippen LogP contribution >= 0.6 is 0 Å². The van der Waals surface area contributed by atoms with Gasteiger partial charge in [-0.25, -0.2) is 14.2 Å². The molecule has 0 fully saturated rings. The fourth-order valence-corrected chi connectivity index (χ4v) is 2.18. The van der Waals surface area contributed by atoms with Crippen LogP contribution in [0.1, 0.15) is 10.5 Å². The van der Waals surface area contributed by atoms with Gasteiger partial charge < -0.3 is 14.6 Å². The summed E-state index contributed by atoms with van der Waals surface area (Å²) in [5.74, 6) is -0.739. The lowest BCUT2D eigenvalue weighted by Crippen LogP contribution is -2.04. The van der Waals surface area contributed by atoms with Crippen LogP contribution in [0.5, 0.6) is 17.2 Å². The molecule has 1 heterocycles. The highest BCUT2D eigenvalue weighted by atomic mass is 19.1. The van der Waals surface area contributed by atoms with Crippen molar-refractivity contribution in [3.05, 3.63) is 60.2 Å². The predicted octanol–water partition coefficient (Wildman–Crippen LogP) is 3.66. The van der Waals surface area contributed by atoms with Gasteiger partial charge in [0.15, 0.2) is 11.4 Å². The molecule has 0 aliphatic carbocycles. The number of methoxy groups -OCH3 is 1. The van der Waals surface area contributed by atoms with Gasteiger partial charge >= 0.3 is 5.97 Å². The van der Waals surface area contributed by atoms with Crippen molar-refractivity contribution >= 4 is 16.7 Å². The van der Waals surface area contributed by atoms with E-state index in [2.05, 4.69) is 9.72 Å². The Kier molecular flexibility index (Phi) is 3.80. The highest BCUT2D eigenvalue weighted by Crippen LogP contribution is 2.37. The molecule has 3 rings (SSSR count). The smallest absolute Gasteiger partial charge is 0.360 e. The number of esters is 1. The SMILES string of the molecule is COC(=O)c1ncc2cccc(Oc3ccc(F)cc3)c2c1O. The van der Waals surface area contributed by atoms with Crippen molar-refractivity contribution in [1.82, 2.24) is 4.98 Å². The van der Waals surface area contributed by atoms with Crippen molar-refractivity contribution in [1.29, 1.82) is 0 Å². The van der Waals surface area contributed by atoms with E-state index in [1.165, 1.54) is 37.6 Å². The summed E-state index contributed by atoms with van der Waals surface area (Å²) in [6.45, 7) is 0. The minimum absolute atomic E-state index is 0.199. The zero-order valence-electron chi connectivity index (χ0n) is 12.1. The van der Waals surface area contributed by atoms with Crippen LogP contribution in [0, 0.1) is 5.82 Å². The fourth-order valence-electron chi connectivity index (χ4n) is 2.18. The zero-order valence-corrected chi connectivity index (χ0v) is 12.1. The number of nitrogens with zero attached hydrogens (tertiary/aromatic N) is 1. The molecule has 6 heteroatoms. The van der Waals surface area contributed by atoms with E-state index in [1.54, 1.807) is 18.2 Å². The van der Waals surface area contributed by atoms with Crippen molar-refractivity contribution in [3.63, 3.8) is 0 Å². The molecule has 0 aliphatic rings. The highest BCUT2D eigenvalue weighted by molar-refractivity contribution is 6.01. The van der Waals surface area contributed by atoms with Crippen LogP contribution in [0.4, 0.5) is 4.39 Å². The molecule has 5 nitrogen and oxygen atoms in total. The van der Waals surface area contributed by atoms with E-state index in [9.17, 15) is 14.3 Å². The summed E-state index contributed by atoms with van der Waals surface area (Å²) in [7, 11) is 1.20. The fraction of sp³-hybridized carbons (Fsp3) is 0.0588. The van der Waals surface area contributed by atoms with Gasteiger partial charge in [0.05, 0.1) is 12.5 Å². The number of hydrogen-bond donors (Lipinski definition) is 1. The number of carbonyl (C=O) groups is 1. The Morgan fingerprint density at radius 2 is 1.91 bits per heavy atom. The summed E-state index contributed by atoms with van der Waals surface area (Å²) >= 11 is 0. The number of hydrogen-bond acceptors (Lipinski definition) is 5. The van der Waals surface area contributed by atoms with E-state index < -0.39 is 5.97 Å². The van der Waals surface area contributed by atoms with Crippen molar-refractivity contribution in [2.24, 2.45) is 0 Å². The van der Waals surface area contributed by atoms with Crippen molar-refractivity contribution < 1.29 is 23.8 Å². The minimum atomic E-state index is -0.749. The van der Waals surface area contributed by atoms with Gasteiger partial charge in [0, 0.05) is 11.6 Å². The first-order valence-corrected chi connectivity index (χ1v) is 6.72. The summed E-state index contributed by atoms with van der Waals surface area (Å²) in [6.07, 6.45) is 1.44. The van der Waals surface area contributed by atoms with Crippen LogP contribution in [0.2, 0.25) is 0 Å². The van der Waals surface area contributed by atoms with Crippen LogP contribution in [0.15, 0.2) is 48.7 Å². The normalized spacial score (nSPS) is 10.5. The lowest BCUT2D eigenvalue weighted by atomic mass is 10.1. The monoisotopic (exact) mass is 313 g/mol. The Labute approximate surface area is 130 Å². The summed E-state index contributed by atoms with van der Waals surface area (Å²) in [6, 6.07) is 10.5. The van der Waals surface area contributed by atoms with E-state index in [1.807, 2.05) is 0 Å². The molecule has 3 aromatic rings. The van der Waals surface area contributed by atoms with Gasteiger partial charge in [-0.3, -0.25) is 0 Å². The van der Waals surface area contributed by atoms with Gasteiger partial charge in [0.1, 0.15) is 17.3 Å². The van der Waals surface area contributed by atoms with Gasteiger partial charge in [-0.15, -0.1) is 0 Å². The second-order valence-electron chi connectivity index (χ2n) is 4.72. The third kappa shape index (κ3) is 2.78. The van der Waals surface area contributed by atoms with Gasteiger partial charge in [0.2, 0.25) is 0 Å². The number of aromatic hydroxyl groups is 1. The molecule has 0 unspecified atom stereocenters. The average Bonchev–Trinajstić information content (AvgIpc) is 2.57. The zero-order chi connectivity index (χ0) is 16.4. The molecular formula is C17H12FNO4. The van der Waals surface area contributed by atoms with Crippen molar-refractivity contribution in [2.75, 3.05) is 7.11 Å². The molecular weight excluding hydrogens is 301 g/mol. The van der Waals surface area contributed by atoms with Gasteiger partial charge in [0.25, 0.3) is 0 Å². The standard InChI is InChI=1S/C17H12FNO4/c1-22-17(21)15-16(20)14-10(9-19-15)3-2-4-13(14)23-12-7-5-11(18)6-8-12/h2-9,20H,1H3. The average molecular weight is 313 g/mol. The third-order valence-electron chi connectivity index (χ3n) is 3.27. The molecule has 0 saturated carbocycles. The van der Waals surface area contributed by atoms with Crippen LogP contribution in [-0.2, 0) is 4.74 Å². The van der Waals surface area contributed by atoms with E-state index in [0.29, 0.717) is 22.3 Å². The molecule has 0 spiro atoms. The first-order chi connectivity index (χ1) is 11.1. The van der Waals surface area contributed by atoms with Crippen LogP contribution < -0.4 is 4.74 Å². The maximum absolute atomic E-state index is 13.0. The Morgan fingerprint density at radius 3 is 2.61 bits per heavy atom. The molecule has 1 aromatic heterocycles. The number of fused-ring (bicyclic) bond motifs is 1. The minimum Gasteiger partial charge on any atom is -0.505 e. The van der Waals surface area contributed by atoms with Gasteiger partial charge in [-0.2, -0.15) is 0 Å². The summed E-state index contributed by atoms with van der Waals surface area (Å²) in [4.78, 5) is 15.6. The third-order valence-corrected chi connectivity index (χ3v) is 3.27. The molecule has 1 N–H and O–H groups in total. The van der Waals surface area contributed by atoms with Crippen molar-refractivity contribution in [2.45, 2.75) is 0 Å². The lowest BCUT2D eigenvalue weighted by molar-refractivity contribution is 0.0591. The quantitative estimate of drug-likeness (QED) is 0.747. The molecule has 2 aromatic carbocycles. The Balaban J connectivity index is 2.12. The second kappa shape index (κ2) is 5.92. The van der Waals surface area contributed by atoms with E-state index in [0.717, 1.165) is 0 Å². The molecule has 0 saturated heterocycles. The maximum Gasteiger partial charge on any atom is 0.360 e. The molecule has 0 amide bonds. The molecule has 0 atom stereocenters. The predicted molar refractivity (Wildman–Crippen MR) is 81.2 cm³/mol. The summed E-state index contributed by atoms with van der Waals surface area (Å²) in [5.41, 5.74) is -0.199. The summed E-state index contributed by atoms with van der Waals surface area (Å²) < 4.78 is 23.3. The van der Waals surface area contributed by atoms with Crippen LogP contribution in [-0.4, -0.2) is 23.2 Å². The number of aromatic nitrogens is 1.